The van der Waals surface area contributed by atoms with Gasteiger partial charge < -0.3 is 9.84 Å². The summed E-state index contributed by atoms with van der Waals surface area (Å²) in [6.07, 6.45) is 1.49. The zero-order valence-corrected chi connectivity index (χ0v) is 8.42. The fourth-order valence-electron chi connectivity index (χ4n) is 1.29. The summed E-state index contributed by atoms with van der Waals surface area (Å²) < 4.78 is 29.7. The molecular formula is C7H13NO5S. The van der Waals surface area contributed by atoms with E-state index in [4.69, 9.17) is 9.84 Å². The molecule has 82 valence electrons. The molecule has 2 N–H and O–H groups in total. The molecule has 7 heteroatoms. The number of hydrogen-bond acceptors (Lipinski definition) is 4. The lowest BCUT2D eigenvalue weighted by Gasteiger charge is -2.22. The number of ether oxygens (including phenoxy) is 1. The second-order valence-corrected chi connectivity index (χ2v) is 4.94. The van der Waals surface area contributed by atoms with Gasteiger partial charge in [-0.05, 0) is 12.8 Å². The molecule has 1 aliphatic rings. The van der Waals surface area contributed by atoms with E-state index in [1.54, 1.807) is 0 Å². The Morgan fingerprint density at radius 2 is 2.29 bits per heavy atom. The minimum Gasteiger partial charge on any atom is -0.480 e. The Hall–Kier alpha value is -0.660. The van der Waals surface area contributed by atoms with E-state index < -0.39 is 21.7 Å². The van der Waals surface area contributed by atoms with Crippen molar-refractivity contribution in [2.75, 3.05) is 19.0 Å². The number of carboxylic acid groups (broad SMARTS) is 1. The summed E-state index contributed by atoms with van der Waals surface area (Å²) in [5, 5.41) is 8.33. The summed E-state index contributed by atoms with van der Waals surface area (Å²) in [6.45, 7) is 0.954. The predicted molar refractivity (Wildman–Crippen MR) is 48.4 cm³/mol. The molecule has 0 aromatic rings. The van der Waals surface area contributed by atoms with Crippen molar-refractivity contribution < 1.29 is 23.1 Å². The van der Waals surface area contributed by atoms with Crippen LogP contribution in [-0.2, 0) is 19.6 Å². The smallest absolute Gasteiger partial charge is 0.320 e. The third-order valence-electron chi connectivity index (χ3n) is 1.82. The Balaban J connectivity index is 2.45. The van der Waals surface area contributed by atoms with E-state index in [0.29, 0.717) is 19.6 Å². The SMILES string of the molecule is O=C(O)CS(=O)(=O)NC1CCCOC1. The molecule has 0 amide bonds. The molecule has 0 aliphatic carbocycles. The minimum absolute atomic E-state index is 0.284. The van der Waals surface area contributed by atoms with Crippen LogP contribution in [0.4, 0.5) is 0 Å². The number of hydrogen-bond donors (Lipinski definition) is 2. The molecule has 1 rings (SSSR count). The van der Waals surface area contributed by atoms with Gasteiger partial charge in [0.1, 0.15) is 0 Å². The number of carboxylic acids is 1. The van der Waals surface area contributed by atoms with Gasteiger partial charge in [-0.2, -0.15) is 0 Å². The summed E-state index contributed by atoms with van der Waals surface area (Å²) >= 11 is 0. The van der Waals surface area contributed by atoms with Gasteiger partial charge in [0.15, 0.2) is 5.75 Å². The van der Waals surface area contributed by atoms with Crippen molar-refractivity contribution in [3.05, 3.63) is 0 Å². The van der Waals surface area contributed by atoms with E-state index in [1.165, 1.54) is 0 Å². The fraction of sp³-hybridized carbons (Fsp3) is 0.857. The third kappa shape index (κ3) is 4.03. The van der Waals surface area contributed by atoms with Crippen LogP contribution in [0, 0.1) is 0 Å². The first-order chi connectivity index (χ1) is 6.49. The molecule has 1 atom stereocenters. The van der Waals surface area contributed by atoms with E-state index in [0.717, 1.165) is 6.42 Å². The first-order valence-corrected chi connectivity index (χ1v) is 5.94. The van der Waals surface area contributed by atoms with Crippen molar-refractivity contribution in [2.45, 2.75) is 18.9 Å². The number of rotatable bonds is 4. The van der Waals surface area contributed by atoms with Crippen LogP contribution in [0.3, 0.4) is 0 Å². The number of nitrogens with one attached hydrogen (secondary N) is 1. The lowest BCUT2D eigenvalue weighted by molar-refractivity contribution is -0.134. The van der Waals surface area contributed by atoms with E-state index >= 15 is 0 Å². The van der Waals surface area contributed by atoms with Crippen LogP contribution in [0.25, 0.3) is 0 Å². The van der Waals surface area contributed by atoms with E-state index in [2.05, 4.69) is 4.72 Å². The van der Waals surface area contributed by atoms with Crippen LogP contribution >= 0.6 is 0 Å². The number of carbonyl (C=O) groups is 1. The summed E-state index contributed by atoms with van der Waals surface area (Å²) in [4.78, 5) is 10.2. The minimum atomic E-state index is -3.71. The molecule has 1 fully saturated rings. The molecule has 0 aromatic heterocycles. The normalized spacial score (nSPS) is 23.3. The van der Waals surface area contributed by atoms with Gasteiger partial charge in [0.25, 0.3) is 0 Å². The van der Waals surface area contributed by atoms with Crippen molar-refractivity contribution in [3.8, 4) is 0 Å². The second-order valence-electron chi connectivity index (χ2n) is 3.18. The molecule has 6 nitrogen and oxygen atoms in total. The largest absolute Gasteiger partial charge is 0.480 e. The highest BCUT2D eigenvalue weighted by molar-refractivity contribution is 7.90. The molecule has 0 spiro atoms. The maximum absolute atomic E-state index is 11.2. The molecule has 1 heterocycles. The van der Waals surface area contributed by atoms with Crippen LogP contribution in [0.1, 0.15) is 12.8 Å². The van der Waals surface area contributed by atoms with Crippen LogP contribution in [0.5, 0.6) is 0 Å². The van der Waals surface area contributed by atoms with Gasteiger partial charge in [0.2, 0.25) is 10.0 Å². The van der Waals surface area contributed by atoms with Crippen molar-refractivity contribution in [1.82, 2.24) is 4.72 Å². The van der Waals surface area contributed by atoms with Crippen LogP contribution in [0.2, 0.25) is 0 Å². The first kappa shape index (κ1) is 11.4. The van der Waals surface area contributed by atoms with Crippen molar-refractivity contribution in [1.29, 1.82) is 0 Å². The molecule has 1 saturated heterocycles. The Morgan fingerprint density at radius 3 is 2.79 bits per heavy atom. The highest BCUT2D eigenvalue weighted by atomic mass is 32.2. The van der Waals surface area contributed by atoms with Gasteiger partial charge in [-0.25, -0.2) is 13.1 Å². The molecule has 1 unspecified atom stereocenters. The number of aliphatic carboxylic acids is 1. The molecule has 0 aromatic carbocycles. The Kier molecular flexibility index (Phi) is 3.85. The Labute approximate surface area is 82.3 Å². The number of sulfonamides is 1. The molecule has 1 aliphatic heterocycles. The highest BCUT2D eigenvalue weighted by Crippen LogP contribution is 2.06. The van der Waals surface area contributed by atoms with E-state index in [1.807, 2.05) is 0 Å². The second kappa shape index (κ2) is 4.72. The van der Waals surface area contributed by atoms with Crippen LogP contribution in [-0.4, -0.2) is 44.5 Å². The van der Waals surface area contributed by atoms with Crippen molar-refractivity contribution in [3.63, 3.8) is 0 Å². The third-order valence-corrected chi connectivity index (χ3v) is 3.14. The van der Waals surface area contributed by atoms with Crippen LogP contribution in [0.15, 0.2) is 0 Å². The maximum atomic E-state index is 11.2. The lowest BCUT2D eigenvalue weighted by Crippen LogP contribution is -2.42. The first-order valence-electron chi connectivity index (χ1n) is 4.29. The van der Waals surface area contributed by atoms with Crippen LogP contribution < -0.4 is 4.72 Å². The van der Waals surface area contributed by atoms with Gasteiger partial charge in [0.05, 0.1) is 6.61 Å². The van der Waals surface area contributed by atoms with E-state index in [-0.39, 0.29) is 6.04 Å². The average molecular weight is 223 g/mol. The predicted octanol–water partition coefficient (Wildman–Crippen LogP) is -0.831. The summed E-state index contributed by atoms with van der Waals surface area (Å²) in [7, 11) is -3.71. The molecule has 14 heavy (non-hydrogen) atoms. The molecular weight excluding hydrogens is 210 g/mol. The van der Waals surface area contributed by atoms with Crippen molar-refractivity contribution in [2.24, 2.45) is 0 Å². The Morgan fingerprint density at radius 1 is 1.57 bits per heavy atom. The zero-order valence-electron chi connectivity index (χ0n) is 7.60. The van der Waals surface area contributed by atoms with Gasteiger partial charge in [-0.3, -0.25) is 4.79 Å². The zero-order chi connectivity index (χ0) is 10.6. The molecule has 0 saturated carbocycles. The summed E-state index contributed by atoms with van der Waals surface area (Å²) in [5.41, 5.74) is 0. The van der Waals surface area contributed by atoms with Gasteiger partial charge in [-0.15, -0.1) is 0 Å². The molecule has 0 bridgehead atoms. The standard InChI is InChI=1S/C7H13NO5S/c9-7(10)5-14(11,12)8-6-2-1-3-13-4-6/h6,8H,1-5H2,(H,9,10). The summed E-state index contributed by atoms with van der Waals surface area (Å²) in [5.74, 6) is -2.24. The van der Waals surface area contributed by atoms with Gasteiger partial charge in [-0.1, -0.05) is 0 Å². The monoisotopic (exact) mass is 223 g/mol. The highest BCUT2D eigenvalue weighted by Gasteiger charge is 2.22. The summed E-state index contributed by atoms with van der Waals surface area (Å²) in [6, 6.07) is -0.284. The van der Waals surface area contributed by atoms with E-state index in [9.17, 15) is 13.2 Å². The van der Waals surface area contributed by atoms with Gasteiger partial charge >= 0.3 is 5.97 Å². The van der Waals surface area contributed by atoms with Gasteiger partial charge in [0, 0.05) is 12.6 Å². The van der Waals surface area contributed by atoms with Crippen molar-refractivity contribution >= 4 is 16.0 Å². The fourth-order valence-corrected chi connectivity index (χ4v) is 2.39. The topological polar surface area (TPSA) is 92.7 Å². The Bertz CT molecular complexity index is 293. The quantitative estimate of drug-likeness (QED) is 0.649. The average Bonchev–Trinajstić information content (AvgIpc) is 2.02. The lowest BCUT2D eigenvalue weighted by atomic mass is 10.1. The molecule has 0 radical (unpaired) electrons. The maximum Gasteiger partial charge on any atom is 0.320 e.